The monoisotopic (exact) mass is 296 g/mol. The van der Waals surface area contributed by atoms with Crippen LogP contribution in [0.3, 0.4) is 0 Å². The van der Waals surface area contributed by atoms with Gasteiger partial charge in [-0.3, -0.25) is 10.1 Å². The van der Waals surface area contributed by atoms with Crippen LogP contribution in [0.5, 0.6) is 5.75 Å². The van der Waals surface area contributed by atoms with Crippen LogP contribution in [0, 0.1) is 17.0 Å². The Hall–Kier alpha value is -2.71. The highest BCUT2D eigenvalue weighted by Crippen LogP contribution is 2.24. The molecule has 2 N–H and O–H groups in total. The standard InChI is InChI=1S/C12H16N4O5/c1-3-6-13-12(18)15-10(17)7-21-9-5-4-8(2)14-11(9)16(19)20/h4-5H,3,6-7H2,1-2H3,(H2,13,15,17,18). The summed E-state index contributed by atoms with van der Waals surface area (Å²) in [4.78, 5) is 36.5. The second-order valence-electron chi connectivity index (χ2n) is 4.12. The molecule has 0 radical (unpaired) electrons. The van der Waals surface area contributed by atoms with Gasteiger partial charge in [-0.2, -0.15) is 0 Å². The molecule has 1 aromatic rings. The number of hydrogen-bond donors (Lipinski definition) is 2. The smallest absolute Gasteiger partial charge is 0.406 e. The van der Waals surface area contributed by atoms with Gasteiger partial charge >= 0.3 is 11.8 Å². The van der Waals surface area contributed by atoms with Crippen molar-refractivity contribution in [2.75, 3.05) is 13.2 Å². The molecule has 0 saturated heterocycles. The number of nitro groups is 1. The Morgan fingerprint density at radius 2 is 2.14 bits per heavy atom. The highest BCUT2D eigenvalue weighted by Gasteiger charge is 2.18. The molecule has 0 atom stereocenters. The first-order chi connectivity index (χ1) is 9.93. The van der Waals surface area contributed by atoms with Gasteiger partial charge in [0.05, 0.1) is 0 Å². The summed E-state index contributed by atoms with van der Waals surface area (Å²) < 4.78 is 5.02. The van der Waals surface area contributed by atoms with Crippen molar-refractivity contribution in [1.82, 2.24) is 15.6 Å². The van der Waals surface area contributed by atoms with Crippen molar-refractivity contribution in [3.8, 4) is 5.75 Å². The Morgan fingerprint density at radius 3 is 2.76 bits per heavy atom. The average molecular weight is 296 g/mol. The lowest BCUT2D eigenvalue weighted by atomic mass is 10.3. The fraction of sp³-hybridized carbons (Fsp3) is 0.417. The van der Waals surface area contributed by atoms with Crippen molar-refractivity contribution >= 4 is 17.8 Å². The Balaban J connectivity index is 2.57. The van der Waals surface area contributed by atoms with E-state index in [1.54, 1.807) is 6.92 Å². The number of aryl methyl sites for hydroxylation is 1. The average Bonchev–Trinajstić information content (AvgIpc) is 2.43. The normalized spacial score (nSPS) is 9.81. The van der Waals surface area contributed by atoms with Crippen LogP contribution in [0.2, 0.25) is 0 Å². The summed E-state index contributed by atoms with van der Waals surface area (Å²) in [6.07, 6.45) is 0.735. The minimum absolute atomic E-state index is 0.130. The Bertz CT molecular complexity index is 546. The number of imide groups is 1. The topological polar surface area (TPSA) is 123 Å². The molecular formula is C12H16N4O5. The van der Waals surface area contributed by atoms with Crippen LogP contribution >= 0.6 is 0 Å². The maximum absolute atomic E-state index is 11.5. The molecule has 0 fully saturated rings. The molecule has 9 nitrogen and oxygen atoms in total. The van der Waals surface area contributed by atoms with Gasteiger partial charge in [0.1, 0.15) is 5.69 Å². The number of carbonyl (C=O) groups excluding carboxylic acids is 2. The second kappa shape index (κ2) is 7.78. The highest BCUT2D eigenvalue weighted by atomic mass is 16.6. The van der Waals surface area contributed by atoms with Crippen molar-refractivity contribution in [2.45, 2.75) is 20.3 Å². The van der Waals surface area contributed by atoms with Crippen molar-refractivity contribution in [3.05, 3.63) is 27.9 Å². The zero-order valence-electron chi connectivity index (χ0n) is 11.7. The molecule has 1 heterocycles. The van der Waals surface area contributed by atoms with E-state index in [2.05, 4.69) is 10.3 Å². The van der Waals surface area contributed by atoms with Gasteiger partial charge in [0, 0.05) is 13.5 Å². The SMILES string of the molecule is CCCNC(=O)NC(=O)COc1ccc(C)nc1[N+](=O)[O-]. The number of nitrogens with zero attached hydrogens (tertiary/aromatic N) is 2. The number of urea groups is 1. The maximum Gasteiger partial charge on any atom is 0.406 e. The number of nitrogens with one attached hydrogen (secondary N) is 2. The molecule has 3 amide bonds. The minimum Gasteiger partial charge on any atom is -0.476 e. The van der Waals surface area contributed by atoms with E-state index in [9.17, 15) is 19.7 Å². The zero-order valence-corrected chi connectivity index (χ0v) is 11.7. The summed E-state index contributed by atoms with van der Waals surface area (Å²) >= 11 is 0. The van der Waals surface area contributed by atoms with Crippen LogP contribution in [-0.2, 0) is 4.79 Å². The first-order valence-corrected chi connectivity index (χ1v) is 6.26. The van der Waals surface area contributed by atoms with Crippen LogP contribution in [0.25, 0.3) is 0 Å². The summed E-state index contributed by atoms with van der Waals surface area (Å²) in [5.41, 5.74) is 0.456. The molecule has 0 aliphatic heterocycles. The molecule has 0 spiro atoms. The lowest BCUT2D eigenvalue weighted by Gasteiger charge is -2.07. The number of aromatic nitrogens is 1. The van der Waals surface area contributed by atoms with Crippen molar-refractivity contribution < 1.29 is 19.2 Å². The predicted molar refractivity (Wildman–Crippen MR) is 73.0 cm³/mol. The summed E-state index contributed by atoms with van der Waals surface area (Å²) in [5, 5.41) is 15.3. The molecule has 0 aromatic carbocycles. The molecule has 0 unspecified atom stereocenters. The predicted octanol–water partition coefficient (Wildman–Crippen LogP) is 0.913. The first kappa shape index (κ1) is 16.3. The number of ether oxygens (including phenoxy) is 1. The van der Waals surface area contributed by atoms with Gasteiger partial charge in [-0.15, -0.1) is 0 Å². The molecular weight excluding hydrogens is 280 g/mol. The van der Waals surface area contributed by atoms with Gasteiger partial charge in [-0.1, -0.05) is 6.92 Å². The highest BCUT2D eigenvalue weighted by molar-refractivity contribution is 5.95. The molecule has 0 aliphatic carbocycles. The molecule has 0 aliphatic rings. The van der Waals surface area contributed by atoms with E-state index < -0.39 is 29.3 Å². The summed E-state index contributed by atoms with van der Waals surface area (Å²) in [5.74, 6) is -1.31. The number of hydrogen-bond acceptors (Lipinski definition) is 6. The van der Waals surface area contributed by atoms with Crippen LogP contribution in [0.1, 0.15) is 19.0 Å². The molecule has 114 valence electrons. The molecule has 0 bridgehead atoms. The quantitative estimate of drug-likeness (QED) is 0.594. The van der Waals surface area contributed by atoms with E-state index in [1.807, 2.05) is 12.2 Å². The third-order valence-electron chi connectivity index (χ3n) is 2.30. The van der Waals surface area contributed by atoms with Gasteiger partial charge in [0.2, 0.25) is 5.75 Å². The third kappa shape index (κ3) is 5.43. The fourth-order valence-electron chi connectivity index (χ4n) is 1.36. The lowest BCUT2D eigenvalue weighted by molar-refractivity contribution is -0.390. The Kier molecular flexibility index (Phi) is 6.05. The van der Waals surface area contributed by atoms with Crippen LogP contribution in [0.4, 0.5) is 10.6 Å². The molecule has 1 aromatic heterocycles. The maximum atomic E-state index is 11.5. The van der Waals surface area contributed by atoms with E-state index in [-0.39, 0.29) is 5.75 Å². The van der Waals surface area contributed by atoms with Crippen molar-refractivity contribution in [1.29, 1.82) is 0 Å². The lowest BCUT2D eigenvalue weighted by Crippen LogP contribution is -2.41. The van der Waals surface area contributed by atoms with Gasteiger partial charge in [0.25, 0.3) is 5.91 Å². The van der Waals surface area contributed by atoms with Crippen molar-refractivity contribution in [2.24, 2.45) is 0 Å². The van der Waals surface area contributed by atoms with Crippen LogP contribution < -0.4 is 15.4 Å². The molecule has 0 saturated carbocycles. The van der Waals surface area contributed by atoms with Gasteiger partial charge in [-0.05, 0) is 28.5 Å². The molecule has 21 heavy (non-hydrogen) atoms. The summed E-state index contributed by atoms with van der Waals surface area (Å²) in [6, 6.07) is 2.24. The van der Waals surface area contributed by atoms with Gasteiger partial charge in [0.15, 0.2) is 6.61 Å². The first-order valence-electron chi connectivity index (χ1n) is 6.26. The summed E-state index contributed by atoms with van der Waals surface area (Å²) in [7, 11) is 0. The van der Waals surface area contributed by atoms with Gasteiger partial charge < -0.3 is 20.2 Å². The number of carbonyl (C=O) groups is 2. The minimum atomic E-state index is -0.710. The van der Waals surface area contributed by atoms with E-state index in [0.29, 0.717) is 12.2 Å². The van der Waals surface area contributed by atoms with E-state index >= 15 is 0 Å². The zero-order chi connectivity index (χ0) is 15.8. The number of amides is 3. The number of pyridine rings is 1. The largest absolute Gasteiger partial charge is 0.476 e. The Morgan fingerprint density at radius 1 is 1.43 bits per heavy atom. The Labute approximate surface area is 120 Å². The van der Waals surface area contributed by atoms with Crippen LogP contribution in [-0.4, -0.2) is 35.0 Å². The number of rotatable bonds is 6. The molecule has 9 heteroatoms. The van der Waals surface area contributed by atoms with E-state index in [0.717, 1.165) is 6.42 Å². The van der Waals surface area contributed by atoms with Crippen molar-refractivity contribution in [3.63, 3.8) is 0 Å². The third-order valence-corrected chi connectivity index (χ3v) is 2.30. The van der Waals surface area contributed by atoms with E-state index in [4.69, 9.17) is 4.74 Å². The molecule has 1 rings (SSSR count). The van der Waals surface area contributed by atoms with E-state index in [1.165, 1.54) is 12.1 Å². The summed E-state index contributed by atoms with van der Waals surface area (Å²) in [6.45, 7) is 3.38. The van der Waals surface area contributed by atoms with Crippen LogP contribution in [0.15, 0.2) is 12.1 Å². The van der Waals surface area contributed by atoms with Gasteiger partial charge in [-0.25, -0.2) is 4.79 Å². The second-order valence-corrected chi connectivity index (χ2v) is 4.12. The fourth-order valence-corrected chi connectivity index (χ4v) is 1.36.